The number of carbonyl (C=O) groups is 2. The maximum Gasteiger partial charge on any atom is 0.325 e. The molecule has 0 radical (unpaired) electrons. The summed E-state index contributed by atoms with van der Waals surface area (Å²) in [5.41, 5.74) is 1.14. The maximum atomic E-state index is 12.2. The number of hydrogen-bond donors (Lipinski definition) is 0. The van der Waals surface area contributed by atoms with Gasteiger partial charge >= 0.3 is 11.9 Å². The molecule has 2 rings (SSSR count). The van der Waals surface area contributed by atoms with E-state index in [1.807, 2.05) is 25.1 Å². The van der Waals surface area contributed by atoms with Gasteiger partial charge in [0.25, 0.3) is 0 Å². The van der Waals surface area contributed by atoms with Crippen molar-refractivity contribution in [2.24, 2.45) is 10.9 Å². The molecule has 1 aromatic carbocycles. The topological polar surface area (TPSA) is 77.4 Å². The van der Waals surface area contributed by atoms with Gasteiger partial charge in [0.05, 0.1) is 38.5 Å². The monoisotopic (exact) mass is 390 g/mol. The van der Waals surface area contributed by atoms with Gasteiger partial charge in [-0.1, -0.05) is 30.3 Å². The summed E-state index contributed by atoms with van der Waals surface area (Å²) >= 11 is 0. The van der Waals surface area contributed by atoms with E-state index < -0.39 is 17.9 Å². The zero-order chi connectivity index (χ0) is 20.4. The molecule has 154 valence electrons. The average molecular weight is 390 g/mol. The first kappa shape index (κ1) is 22.0. The molecule has 7 nitrogen and oxygen atoms in total. The van der Waals surface area contributed by atoms with Crippen LogP contribution in [0.15, 0.2) is 35.3 Å². The summed E-state index contributed by atoms with van der Waals surface area (Å²) in [6, 6.07) is 9.96. The molecule has 0 spiro atoms. The van der Waals surface area contributed by atoms with E-state index in [9.17, 15) is 9.59 Å². The molecule has 7 heteroatoms. The van der Waals surface area contributed by atoms with E-state index in [0.29, 0.717) is 13.2 Å². The smallest absolute Gasteiger partial charge is 0.325 e. The fourth-order valence-electron chi connectivity index (χ4n) is 3.29. The van der Waals surface area contributed by atoms with Gasteiger partial charge < -0.3 is 14.2 Å². The fourth-order valence-corrected chi connectivity index (χ4v) is 3.29. The summed E-state index contributed by atoms with van der Waals surface area (Å²) in [5, 5.41) is 0. The van der Waals surface area contributed by atoms with Gasteiger partial charge in [0.15, 0.2) is 5.92 Å². The second-order valence-electron chi connectivity index (χ2n) is 6.52. The van der Waals surface area contributed by atoms with Crippen molar-refractivity contribution in [1.29, 1.82) is 0 Å². The molecule has 0 bridgehead atoms. The molecule has 0 saturated carbocycles. The van der Waals surface area contributed by atoms with Crippen LogP contribution in [-0.2, 0) is 23.8 Å². The molecule has 1 aromatic rings. The second-order valence-corrected chi connectivity index (χ2v) is 6.52. The molecule has 0 aromatic heterocycles. The van der Waals surface area contributed by atoms with Crippen LogP contribution in [0.4, 0.5) is 0 Å². The van der Waals surface area contributed by atoms with Crippen molar-refractivity contribution >= 4 is 18.2 Å². The van der Waals surface area contributed by atoms with Crippen LogP contribution in [0, 0.1) is 5.92 Å². The quantitative estimate of drug-likeness (QED) is 0.366. The van der Waals surface area contributed by atoms with Crippen LogP contribution in [0.3, 0.4) is 0 Å². The standard InChI is InChI=1S/C21H30N2O5/c1-4-27-20(24)18(21(25)28-5-2)15-22-16(3)19(17-9-7-6-8-10-17)23-11-13-26-14-12-23/h6-10,15-16,18-19H,4-5,11-14H2,1-3H3/t16-,19-/m1/s1. The molecule has 0 amide bonds. The summed E-state index contributed by atoms with van der Waals surface area (Å²) < 4.78 is 15.5. The third-order valence-corrected chi connectivity index (χ3v) is 4.59. The van der Waals surface area contributed by atoms with Gasteiger partial charge in [0, 0.05) is 19.3 Å². The molecule has 28 heavy (non-hydrogen) atoms. The van der Waals surface area contributed by atoms with E-state index in [0.717, 1.165) is 18.7 Å². The van der Waals surface area contributed by atoms with Gasteiger partial charge in [-0.2, -0.15) is 0 Å². The summed E-state index contributed by atoms with van der Waals surface area (Å²) in [6.45, 7) is 8.72. The Hall–Kier alpha value is -2.25. The molecule has 2 atom stereocenters. The van der Waals surface area contributed by atoms with Crippen LogP contribution in [0.5, 0.6) is 0 Å². The number of aliphatic imine (C=N–C) groups is 1. The van der Waals surface area contributed by atoms with E-state index >= 15 is 0 Å². The van der Waals surface area contributed by atoms with Crippen molar-refractivity contribution in [3.05, 3.63) is 35.9 Å². The van der Waals surface area contributed by atoms with E-state index in [4.69, 9.17) is 14.2 Å². The van der Waals surface area contributed by atoms with Crippen LogP contribution < -0.4 is 0 Å². The minimum absolute atomic E-state index is 0.0198. The summed E-state index contributed by atoms with van der Waals surface area (Å²) in [6.07, 6.45) is 1.37. The third-order valence-electron chi connectivity index (χ3n) is 4.59. The number of nitrogens with zero attached hydrogens (tertiary/aromatic N) is 2. The minimum atomic E-state index is -1.15. The summed E-state index contributed by atoms with van der Waals surface area (Å²) in [7, 11) is 0. The highest BCUT2D eigenvalue weighted by atomic mass is 16.6. The molecule has 1 heterocycles. The number of carbonyl (C=O) groups excluding carboxylic acids is 2. The van der Waals surface area contributed by atoms with Crippen LogP contribution in [0.2, 0.25) is 0 Å². The van der Waals surface area contributed by atoms with Crippen molar-refractivity contribution in [2.45, 2.75) is 32.9 Å². The minimum Gasteiger partial charge on any atom is -0.465 e. The molecular weight excluding hydrogens is 360 g/mol. The zero-order valence-corrected chi connectivity index (χ0v) is 16.9. The molecule has 1 aliphatic rings. The Morgan fingerprint density at radius 3 is 2.21 bits per heavy atom. The van der Waals surface area contributed by atoms with Crippen LogP contribution in [-0.4, -0.2) is 68.6 Å². The van der Waals surface area contributed by atoms with Crippen molar-refractivity contribution < 1.29 is 23.8 Å². The average Bonchev–Trinajstić information content (AvgIpc) is 2.70. The lowest BCUT2D eigenvalue weighted by Crippen LogP contribution is -2.42. The van der Waals surface area contributed by atoms with Gasteiger partial charge in [0.1, 0.15) is 0 Å². The zero-order valence-electron chi connectivity index (χ0n) is 16.9. The van der Waals surface area contributed by atoms with Gasteiger partial charge in [-0.3, -0.25) is 19.5 Å². The number of esters is 2. The lowest BCUT2D eigenvalue weighted by Gasteiger charge is -2.37. The Morgan fingerprint density at radius 2 is 1.68 bits per heavy atom. The molecular formula is C21H30N2O5. The van der Waals surface area contributed by atoms with Crippen molar-refractivity contribution in [1.82, 2.24) is 4.90 Å². The number of hydrogen-bond acceptors (Lipinski definition) is 7. The van der Waals surface area contributed by atoms with Gasteiger partial charge in [0.2, 0.25) is 0 Å². The van der Waals surface area contributed by atoms with Gasteiger partial charge in [-0.25, -0.2) is 0 Å². The molecule has 0 N–H and O–H groups in total. The Balaban J connectivity index is 2.22. The summed E-state index contributed by atoms with van der Waals surface area (Å²) in [4.78, 5) is 31.2. The molecule has 1 saturated heterocycles. The number of rotatable bonds is 9. The fraction of sp³-hybridized carbons (Fsp3) is 0.571. The third kappa shape index (κ3) is 6.14. The Kier molecular flexibility index (Phi) is 9.10. The Labute approximate surface area is 166 Å². The first-order valence-corrected chi connectivity index (χ1v) is 9.81. The first-order valence-electron chi connectivity index (χ1n) is 9.81. The number of morpholine rings is 1. The largest absolute Gasteiger partial charge is 0.465 e. The molecule has 1 fully saturated rings. The molecule has 1 aliphatic heterocycles. The van der Waals surface area contributed by atoms with E-state index in [-0.39, 0.29) is 25.3 Å². The predicted molar refractivity (Wildman–Crippen MR) is 106 cm³/mol. The lowest BCUT2D eigenvalue weighted by atomic mass is 9.98. The number of benzene rings is 1. The SMILES string of the molecule is CCOC(=O)C(C=N[C@H](C)[C@H](c1ccccc1)N1CCOCC1)C(=O)OCC. The second kappa shape index (κ2) is 11.6. The van der Waals surface area contributed by atoms with Gasteiger partial charge in [-0.05, 0) is 26.3 Å². The molecule has 0 unspecified atom stereocenters. The normalized spacial score (nSPS) is 17.4. The highest BCUT2D eigenvalue weighted by molar-refractivity contribution is 6.09. The van der Waals surface area contributed by atoms with Crippen LogP contribution >= 0.6 is 0 Å². The maximum absolute atomic E-state index is 12.2. The van der Waals surface area contributed by atoms with Crippen molar-refractivity contribution in [3.63, 3.8) is 0 Å². The highest BCUT2D eigenvalue weighted by Crippen LogP contribution is 2.27. The van der Waals surface area contributed by atoms with Crippen molar-refractivity contribution in [3.8, 4) is 0 Å². The summed E-state index contributed by atoms with van der Waals surface area (Å²) in [5.74, 6) is -2.43. The Bertz CT molecular complexity index is 625. The Morgan fingerprint density at radius 1 is 1.11 bits per heavy atom. The van der Waals surface area contributed by atoms with Gasteiger partial charge in [-0.15, -0.1) is 0 Å². The van der Waals surface area contributed by atoms with Crippen LogP contribution in [0.1, 0.15) is 32.4 Å². The highest BCUT2D eigenvalue weighted by Gasteiger charge is 2.30. The van der Waals surface area contributed by atoms with E-state index in [2.05, 4.69) is 22.0 Å². The van der Waals surface area contributed by atoms with Crippen LogP contribution in [0.25, 0.3) is 0 Å². The molecule has 0 aliphatic carbocycles. The van der Waals surface area contributed by atoms with Crippen molar-refractivity contribution in [2.75, 3.05) is 39.5 Å². The lowest BCUT2D eigenvalue weighted by molar-refractivity contribution is -0.157. The van der Waals surface area contributed by atoms with E-state index in [1.165, 1.54) is 6.21 Å². The predicted octanol–water partition coefficient (Wildman–Crippen LogP) is 2.26. The number of ether oxygens (including phenoxy) is 3. The van der Waals surface area contributed by atoms with E-state index in [1.54, 1.807) is 13.8 Å². The first-order chi connectivity index (χ1) is 13.6.